The fourth-order valence-corrected chi connectivity index (χ4v) is 3.26. The smallest absolute Gasteiger partial charge is 0.157 e. The molecule has 0 spiro atoms. The summed E-state index contributed by atoms with van der Waals surface area (Å²) in [6.07, 6.45) is 4.24. The van der Waals surface area contributed by atoms with Gasteiger partial charge in [0.05, 0.1) is 5.69 Å². The highest BCUT2D eigenvalue weighted by Crippen LogP contribution is 2.30. The molecule has 0 aromatic carbocycles. The lowest BCUT2D eigenvalue weighted by Crippen LogP contribution is -2.09. The van der Waals surface area contributed by atoms with E-state index in [2.05, 4.69) is 16.1 Å². The molecule has 0 amide bonds. The molecule has 0 radical (unpaired) electrons. The molecular weight excluding hydrogens is 220 g/mol. The molecule has 2 N–H and O–H groups in total. The number of anilines is 1. The maximum absolute atomic E-state index is 5.85. The molecule has 5 heteroatoms. The Balaban J connectivity index is 2.01. The fraction of sp³-hybridized carbons (Fsp3) is 0.455. The van der Waals surface area contributed by atoms with Crippen LogP contribution in [0.5, 0.6) is 0 Å². The Labute approximate surface area is 98.2 Å². The summed E-state index contributed by atoms with van der Waals surface area (Å²) in [7, 11) is 0. The van der Waals surface area contributed by atoms with Crippen LogP contribution in [-0.2, 0) is 0 Å². The van der Waals surface area contributed by atoms with Crippen LogP contribution in [0.3, 0.4) is 0 Å². The van der Waals surface area contributed by atoms with E-state index < -0.39 is 0 Å². The van der Waals surface area contributed by atoms with Crippen molar-refractivity contribution in [3.63, 3.8) is 0 Å². The zero-order chi connectivity index (χ0) is 11.0. The van der Waals surface area contributed by atoms with Crippen LogP contribution in [0.15, 0.2) is 18.3 Å². The molecule has 1 aliphatic rings. The number of rotatable bonds is 1. The lowest BCUT2D eigenvalue weighted by Gasteiger charge is -2.18. The van der Waals surface area contributed by atoms with E-state index in [-0.39, 0.29) is 0 Å². The predicted molar refractivity (Wildman–Crippen MR) is 66.7 cm³/mol. The van der Waals surface area contributed by atoms with Crippen molar-refractivity contribution in [3.05, 3.63) is 24.0 Å². The fourth-order valence-electron chi connectivity index (χ4n) is 2.11. The van der Waals surface area contributed by atoms with E-state index in [1.165, 1.54) is 24.3 Å². The van der Waals surface area contributed by atoms with Crippen LogP contribution in [0.1, 0.15) is 24.5 Å². The number of fused-ring (bicyclic) bond motifs is 1. The van der Waals surface area contributed by atoms with Gasteiger partial charge in [0, 0.05) is 23.9 Å². The molecule has 3 heterocycles. The second kappa shape index (κ2) is 3.97. The van der Waals surface area contributed by atoms with Crippen molar-refractivity contribution in [1.82, 2.24) is 14.6 Å². The van der Waals surface area contributed by atoms with Crippen molar-refractivity contribution in [2.24, 2.45) is 0 Å². The predicted octanol–water partition coefficient (Wildman–Crippen LogP) is 1.92. The molecule has 1 atom stereocenters. The third kappa shape index (κ3) is 1.65. The third-order valence-electron chi connectivity index (χ3n) is 2.98. The number of nitrogen functional groups attached to an aromatic ring is 1. The van der Waals surface area contributed by atoms with E-state index in [9.17, 15) is 0 Å². The summed E-state index contributed by atoms with van der Waals surface area (Å²) < 4.78 is 1.73. The van der Waals surface area contributed by atoms with Gasteiger partial charge in [-0.3, -0.25) is 0 Å². The van der Waals surface area contributed by atoms with Crippen LogP contribution in [0.2, 0.25) is 0 Å². The Morgan fingerprint density at radius 3 is 3.19 bits per heavy atom. The zero-order valence-corrected chi connectivity index (χ0v) is 9.78. The number of thioether (sulfide) groups is 1. The highest BCUT2D eigenvalue weighted by molar-refractivity contribution is 7.99. The van der Waals surface area contributed by atoms with Gasteiger partial charge in [-0.25, -0.2) is 4.98 Å². The second-order valence-corrected chi connectivity index (χ2v) is 5.27. The largest absolute Gasteiger partial charge is 0.384 e. The lowest BCUT2D eigenvalue weighted by molar-refractivity contribution is 0.637. The normalized spacial score (nSPS) is 21.4. The number of hydrogen-bond acceptors (Lipinski definition) is 4. The number of nitrogens with two attached hydrogens (primary N) is 1. The lowest BCUT2D eigenvalue weighted by atomic mass is 10.0. The molecule has 0 aliphatic carbocycles. The van der Waals surface area contributed by atoms with Gasteiger partial charge in [0.15, 0.2) is 5.65 Å². The Morgan fingerprint density at radius 2 is 2.44 bits per heavy atom. The van der Waals surface area contributed by atoms with E-state index in [0.717, 1.165) is 11.3 Å². The first-order chi connectivity index (χ1) is 7.84. The molecule has 0 saturated carbocycles. The standard InChI is InChI=1S/C11H14N4S/c12-10-3-4-13-11-6-9(14-15(10)11)8-2-1-5-16-7-8/h3-4,6,8H,1-2,5,7,12H2. The molecule has 1 aliphatic heterocycles. The minimum absolute atomic E-state index is 0.569. The first-order valence-corrected chi connectivity index (χ1v) is 6.68. The van der Waals surface area contributed by atoms with Crippen molar-refractivity contribution in [2.45, 2.75) is 18.8 Å². The monoisotopic (exact) mass is 234 g/mol. The third-order valence-corrected chi connectivity index (χ3v) is 4.20. The molecule has 3 rings (SSSR count). The summed E-state index contributed by atoms with van der Waals surface area (Å²) in [5.41, 5.74) is 7.84. The Hall–Kier alpha value is -1.23. The van der Waals surface area contributed by atoms with Gasteiger partial charge in [-0.05, 0) is 24.7 Å². The number of hydrogen-bond donors (Lipinski definition) is 1. The first-order valence-electron chi connectivity index (χ1n) is 5.52. The van der Waals surface area contributed by atoms with Gasteiger partial charge in [-0.2, -0.15) is 21.4 Å². The Bertz CT molecular complexity index is 502. The molecule has 2 aromatic heterocycles. The topological polar surface area (TPSA) is 56.2 Å². The van der Waals surface area contributed by atoms with Crippen molar-refractivity contribution < 1.29 is 0 Å². The van der Waals surface area contributed by atoms with Gasteiger partial charge in [0.25, 0.3) is 0 Å². The van der Waals surface area contributed by atoms with E-state index in [4.69, 9.17) is 5.73 Å². The molecular formula is C11H14N4S. The SMILES string of the molecule is Nc1ccnc2cc(C3CCCSC3)nn12. The van der Waals surface area contributed by atoms with Crippen LogP contribution in [0.25, 0.3) is 5.65 Å². The molecule has 1 fully saturated rings. The van der Waals surface area contributed by atoms with Gasteiger partial charge in [-0.15, -0.1) is 0 Å². The van der Waals surface area contributed by atoms with Gasteiger partial charge in [0.2, 0.25) is 0 Å². The Kier molecular flexibility index (Phi) is 2.47. The van der Waals surface area contributed by atoms with Crippen LogP contribution >= 0.6 is 11.8 Å². The van der Waals surface area contributed by atoms with Gasteiger partial charge in [0.1, 0.15) is 5.82 Å². The van der Waals surface area contributed by atoms with E-state index >= 15 is 0 Å². The van der Waals surface area contributed by atoms with Crippen LogP contribution in [-0.4, -0.2) is 26.1 Å². The summed E-state index contributed by atoms with van der Waals surface area (Å²) in [6.45, 7) is 0. The zero-order valence-electron chi connectivity index (χ0n) is 8.97. The van der Waals surface area contributed by atoms with E-state index in [0.29, 0.717) is 11.7 Å². The average Bonchev–Trinajstić information content (AvgIpc) is 2.76. The van der Waals surface area contributed by atoms with E-state index in [1.54, 1.807) is 16.8 Å². The van der Waals surface area contributed by atoms with Crippen LogP contribution < -0.4 is 5.73 Å². The van der Waals surface area contributed by atoms with Gasteiger partial charge < -0.3 is 5.73 Å². The van der Waals surface area contributed by atoms with Gasteiger partial charge >= 0.3 is 0 Å². The van der Waals surface area contributed by atoms with Gasteiger partial charge in [-0.1, -0.05) is 0 Å². The molecule has 0 bridgehead atoms. The van der Waals surface area contributed by atoms with Crippen LogP contribution in [0.4, 0.5) is 5.82 Å². The highest BCUT2D eigenvalue weighted by atomic mass is 32.2. The molecule has 16 heavy (non-hydrogen) atoms. The van der Waals surface area contributed by atoms with E-state index in [1.807, 2.05) is 11.8 Å². The maximum atomic E-state index is 5.85. The Morgan fingerprint density at radius 1 is 1.50 bits per heavy atom. The first kappa shape index (κ1) is 9.96. The number of aromatic nitrogens is 3. The van der Waals surface area contributed by atoms with Crippen molar-refractivity contribution >= 4 is 23.2 Å². The molecule has 2 aromatic rings. The summed E-state index contributed by atoms with van der Waals surface area (Å²) in [6, 6.07) is 3.84. The summed E-state index contributed by atoms with van der Waals surface area (Å²) in [5, 5.41) is 4.55. The highest BCUT2D eigenvalue weighted by Gasteiger charge is 2.19. The minimum Gasteiger partial charge on any atom is -0.384 e. The molecule has 1 saturated heterocycles. The minimum atomic E-state index is 0.569. The maximum Gasteiger partial charge on any atom is 0.157 e. The molecule has 84 valence electrons. The summed E-state index contributed by atoms with van der Waals surface area (Å²) >= 11 is 2.01. The van der Waals surface area contributed by atoms with Crippen molar-refractivity contribution in [1.29, 1.82) is 0 Å². The average molecular weight is 234 g/mol. The summed E-state index contributed by atoms with van der Waals surface area (Å²) in [5.74, 6) is 3.67. The summed E-state index contributed by atoms with van der Waals surface area (Å²) in [4.78, 5) is 4.27. The van der Waals surface area contributed by atoms with Crippen LogP contribution in [0, 0.1) is 0 Å². The second-order valence-electron chi connectivity index (χ2n) is 4.12. The van der Waals surface area contributed by atoms with Crippen molar-refractivity contribution in [3.8, 4) is 0 Å². The quantitative estimate of drug-likeness (QED) is 0.819. The van der Waals surface area contributed by atoms with Crippen molar-refractivity contribution in [2.75, 3.05) is 17.2 Å². The number of nitrogens with zero attached hydrogens (tertiary/aromatic N) is 3. The molecule has 4 nitrogen and oxygen atoms in total. The molecule has 1 unspecified atom stereocenters.